The third-order valence-corrected chi connectivity index (χ3v) is 8.56. The van der Waals surface area contributed by atoms with Gasteiger partial charge in [-0.2, -0.15) is 0 Å². The fraction of sp³-hybridized carbons (Fsp3) is 0.259. The monoisotopic (exact) mass is 533 g/mol. The second kappa shape index (κ2) is 10.1. The van der Waals surface area contributed by atoms with Crippen molar-refractivity contribution in [3.63, 3.8) is 0 Å². The number of carbonyl (C=O) groups is 2. The molecule has 2 fully saturated rings. The van der Waals surface area contributed by atoms with Gasteiger partial charge in [0.05, 0.1) is 5.69 Å². The summed E-state index contributed by atoms with van der Waals surface area (Å²) in [4.78, 5) is 40.4. The van der Waals surface area contributed by atoms with Gasteiger partial charge >= 0.3 is 0 Å². The first-order valence-corrected chi connectivity index (χ1v) is 13.8. The van der Waals surface area contributed by atoms with Gasteiger partial charge in [-0.3, -0.25) is 14.5 Å². The maximum absolute atomic E-state index is 13.2. The molecule has 7 nitrogen and oxygen atoms in total. The summed E-state index contributed by atoms with van der Waals surface area (Å²) in [6, 6.07) is 14.2. The minimum absolute atomic E-state index is 0.00735. The van der Waals surface area contributed by atoms with Crippen LogP contribution in [0.15, 0.2) is 65.5 Å². The van der Waals surface area contributed by atoms with E-state index in [4.69, 9.17) is 0 Å². The molecule has 2 aliphatic heterocycles. The van der Waals surface area contributed by atoms with E-state index in [9.17, 15) is 14.0 Å². The van der Waals surface area contributed by atoms with E-state index < -0.39 is 0 Å². The lowest BCUT2D eigenvalue weighted by Gasteiger charge is -2.48. The van der Waals surface area contributed by atoms with Crippen molar-refractivity contribution in [2.24, 2.45) is 0 Å². The molecule has 10 heteroatoms. The zero-order valence-corrected chi connectivity index (χ0v) is 21.6. The molecule has 0 N–H and O–H groups in total. The van der Waals surface area contributed by atoms with Crippen LogP contribution in [0.2, 0.25) is 0 Å². The average Bonchev–Trinajstić information content (AvgIpc) is 3.62. The van der Waals surface area contributed by atoms with Crippen molar-refractivity contribution in [2.75, 3.05) is 39.3 Å². The Hall–Kier alpha value is -3.47. The van der Waals surface area contributed by atoms with Crippen LogP contribution < -0.4 is 0 Å². The summed E-state index contributed by atoms with van der Waals surface area (Å²) in [7, 11) is 0. The van der Waals surface area contributed by atoms with Crippen molar-refractivity contribution in [1.29, 1.82) is 0 Å². The molecule has 188 valence electrons. The first-order chi connectivity index (χ1) is 18.0. The van der Waals surface area contributed by atoms with E-state index in [1.54, 1.807) is 18.3 Å². The Morgan fingerprint density at radius 2 is 1.54 bits per heavy atom. The molecule has 4 heterocycles. The number of aromatic nitrogens is 2. The SMILES string of the molecule is O=C(c1ccc(-c2nc(-c3ccc(F)cc3)cs2)cc1)N1CC(N2CCN(C(=O)c3nccs3)CC2)C1. The van der Waals surface area contributed by atoms with Crippen LogP contribution in [0.25, 0.3) is 21.8 Å². The van der Waals surface area contributed by atoms with Gasteiger partial charge in [0.2, 0.25) is 0 Å². The molecular weight excluding hydrogens is 509 g/mol. The number of thiazole rings is 2. The summed E-state index contributed by atoms with van der Waals surface area (Å²) >= 11 is 2.90. The third kappa shape index (κ3) is 4.92. The Kier molecular flexibility index (Phi) is 6.54. The number of hydrogen-bond acceptors (Lipinski definition) is 7. The average molecular weight is 534 g/mol. The molecular formula is C27H24FN5O2S2. The van der Waals surface area contributed by atoms with Gasteiger partial charge in [-0.1, -0.05) is 12.1 Å². The van der Waals surface area contributed by atoms with Gasteiger partial charge in [0.15, 0.2) is 5.01 Å². The number of hydrogen-bond donors (Lipinski definition) is 0. The molecule has 2 aromatic carbocycles. The molecule has 0 spiro atoms. The molecule has 2 aliphatic rings. The van der Waals surface area contributed by atoms with E-state index in [1.807, 2.05) is 44.8 Å². The number of piperazine rings is 1. The number of amides is 2. The first kappa shape index (κ1) is 23.9. The molecule has 2 aromatic heterocycles. The lowest BCUT2D eigenvalue weighted by Crippen LogP contribution is -2.64. The van der Waals surface area contributed by atoms with Crippen LogP contribution in [-0.4, -0.2) is 81.8 Å². The number of carbonyl (C=O) groups excluding carboxylic acids is 2. The summed E-state index contributed by atoms with van der Waals surface area (Å²) in [6.07, 6.45) is 1.66. The third-order valence-electron chi connectivity index (χ3n) is 6.91. The van der Waals surface area contributed by atoms with Crippen molar-refractivity contribution in [3.8, 4) is 21.8 Å². The van der Waals surface area contributed by atoms with Crippen LogP contribution in [0, 0.1) is 5.82 Å². The number of rotatable bonds is 5. The molecule has 0 atom stereocenters. The quantitative estimate of drug-likeness (QED) is 0.382. The van der Waals surface area contributed by atoms with E-state index in [-0.39, 0.29) is 17.6 Å². The highest BCUT2D eigenvalue weighted by atomic mass is 32.1. The van der Waals surface area contributed by atoms with Gasteiger partial charge in [-0.25, -0.2) is 14.4 Å². The smallest absolute Gasteiger partial charge is 0.282 e. The topological polar surface area (TPSA) is 69.6 Å². The molecule has 0 unspecified atom stereocenters. The highest BCUT2D eigenvalue weighted by Gasteiger charge is 2.37. The van der Waals surface area contributed by atoms with Crippen LogP contribution in [0.5, 0.6) is 0 Å². The van der Waals surface area contributed by atoms with Gasteiger partial charge in [0.25, 0.3) is 11.8 Å². The Balaban J connectivity index is 1.01. The lowest BCUT2D eigenvalue weighted by molar-refractivity contribution is 0.00853. The van der Waals surface area contributed by atoms with Gasteiger partial charge in [-0.05, 0) is 36.4 Å². The van der Waals surface area contributed by atoms with Crippen LogP contribution in [0.3, 0.4) is 0 Å². The molecule has 2 amide bonds. The maximum Gasteiger partial charge on any atom is 0.282 e. The summed E-state index contributed by atoms with van der Waals surface area (Å²) in [5.74, 6) is -0.228. The molecule has 0 radical (unpaired) electrons. The van der Waals surface area contributed by atoms with E-state index in [2.05, 4.69) is 14.9 Å². The Labute approximate surface area is 221 Å². The van der Waals surface area contributed by atoms with Crippen LogP contribution in [0.1, 0.15) is 20.2 Å². The van der Waals surface area contributed by atoms with Crippen molar-refractivity contribution >= 4 is 34.5 Å². The number of benzene rings is 2. The molecule has 0 bridgehead atoms. The van der Waals surface area contributed by atoms with E-state index >= 15 is 0 Å². The number of nitrogens with zero attached hydrogens (tertiary/aromatic N) is 5. The Morgan fingerprint density at radius 1 is 0.838 bits per heavy atom. The largest absolute Gasteiger partial charge is 0.335 e. The predicted octanol–water partition coefficient (Wildman–Crippen LogP) is 4.36. The number of likely N-dealkylation sites (tertiary alicyclic amines) is 1. The number of halogens is 1. The van der Waals surface area contributed by atoms with Gasteiger partial charge in [-0.15, -0.1) is 22.7 Å². The fourth-order valence-corrected chi connectivity index (χ4v) is 6.14. The standard InChI is InChI=1S/C27H24FN5O2S2/c28-21-7-5-18(6-8-21)23-17-37-24(30-23)19-1-3-20(4-2-19)26(34)33-15-22(16-33)31-10-12-32(13-11-31)27(35)25-29-9-14-36-25/h1-9,14,17,22H,10-13,15-16H2. The molecule has 0 aliphatic carbocycles. The summed E-state index contributed by atoms with van der Waals surface area (Å²) < 4.78 is 13.2. The van der Waals surface area contributed by atoms with Crippen LogP contribution >= 0.6 is 22.7 Å². The Bertz CT molecular complexity index is 1390. The summed E-state index contributed by atoms with van der Waals surface area (Å²) in [6.45, 7) is 4.40. The van der Waals surface area contributed by atoms with Crippen molar-refractivity contribution in [3.05, 3.63) is 81.9 Å². The van der Waals surface area contributed by atoms with Gasteiger partial charge in [0, 0.05) is 79.0 Å². The van der Waals surface area contributed by atoms with Gasteiger partial charge in [0.1, 0.15) is 10.8 Å². The molecule has 4 aromatic rings. The highest BCUT2D eigenvalue weighted by Crippen LogP contribution is 2.30. The van der Waals surface area contributed by atoms with Crippen molar-refractivity contribution in [1.82, 2.24) is 24.7 Å². The molecule has 37 heavy (non-hydrogen) atoms. The normalized spacial score (nSPS) is 16.6. The van der Waals surface area contributed by atoms with Crippen LogP contribution in [0.4, 0.5) is 4.39 Å². The molecule has 2 saturated heterocycles. The summed E-state index contributed by atoms with van der Waals surface area (Å²) in [5, 5.41) is 5.18. The minimum atomic E-state index is -0.269. The second-order valence-electron chi connectivity index (χ2n) is 9.15. The predicted molar refractivity (Wildman–Crippen MR) is 142 cm³/mol. The second-order valence-corrected chi connectivity index (χ2v) is 10.9. The maximum atomic E-state index is 13.2. The van der Waals surface area contributed by atoms with Crippen LogP contribution in [-0.2, 0) is 0 Å². The van der Waals surface area contributed by atoms with E-state index in [0.29, 0.717) is 42.8 Å². The van der Waals surface area contributed by atoms with Crippen molar-refractivity contribution < 1.29 is 14.0 Å². The molecule has 0 saturated carbocycles. The fourth-order valence-electron chi connectivity index (χ4n) is 4.70. The molecule has 6 rings (SSSR count). The zero-order valence-electron chi connectivity index (χ0n) is 19.9. The van der Waals surface area contributed by atoms with Crippen molar-refractivity contribution in [2.45, 2.75) is 6.04 Å². The van der Waals surface area contributed by atoms with E-state index in [0.717, 1.165) is 34.9 Å². The lowest BCUT2D eigenvalue weighted by atomic mass is 10.0. The zero-order chi connectivity index (χ0) is 25.4. The highest BCUT2D eigenvalue weighted by molar-refractivity contribution is 7.13. The minimum Gasteiger partial charge on any atom is -0.335 e. The Morgan fingerprint density at radius 3 is 2.22 bits per heavy atom. The summed E-state index contributed by atoms with van der Waals surface area (Å²) in [5.41, 5.74) is 3.29. The van der Waals surface area contributed by atoms with E-state index in [1.165, 1.54) is 34.8 Å². The van der Waals surface area contributed by atoms with Gasteiger partial charge < -0.3 is 9.80 Å². The first-order valence-electron chi connectivity index (χ1n) is 12.1.